The first kappa shape index (κ1) is 18.9. The molecule has 0 bridgehead atoms. The van der Waals surface area contributed by atoms with Crippen molar-refractivity contribution in [3.63, 3.8) is 0 Å². The van der Waals surface area contributed by atoms with E-state index in [4.69, 9.17) is 4.74 Å². The third kappa shape index (κ3) is 15.9. The quantitative estimate of drug-likeness (QED) is 0.190. The van der Waals surface area contributed by atoms with Gasteiger partial charge in [0.2, 0.25) is 0 Å². The van der Waals surface area contributed by atoms with Gasteiger partial charge in [0, 0.05) is 17.6 Å². The summed E-state index contributed by atoms with van der Waals surface area (Å²) in [4.78, 5) is 10.8. The van der Waals surface area contributed by atoms with Gasteiger partial charge in [-0.25, -0.2) is 4.79 Å². The van der Waals surface area contributed by atoms with Crippen LogP contribution in [0.2, 0.25) is 0 Å². The summed E-state index contributed by atoms with van der Waals surface area (Å²) in [5.74, 6) is 2.22. The molecule has 0 spiro atoms. The fourth-order valence-electron chi connectivity index (χ4n) is 1.55. The molecule has 0 radical (unpaired) electrons. The molecule has 0 atom stereocenters. The van der Waals surface area contributed by atoms with Crippen LogP contribution in [0.4, 0.5) is 0 Å². The Labute approximate surface area is 126 Å². The molecule has 0 aromatic carbocycles. The third-order valence-electron chi connectivity index (χ3n) is 2.70. The minimum atomic E-state index is -0.310. The molecule has 0 amide bonds. The van der Waals surface area contributed by atoms with E-state index in [1.807, 2.05) is 21.6 Å². The van der Waals surface area contributed by atoms with E-state index in [0.717, 1.165) is 12.8 Å². The van der Waals surface area contributed by atoms with Crippen molar-refractivity contribution in [1.82, 2.24) is 0 Å². The van der Waals surface area contributed by atoms with Gasteiger partial charge in [-0.3, -0.25) is 0 Å². The number of ether oxygens (including phenoxy) is 1. The van der Waals surface area contributed by atoms with Crippen molar-refractivity contribution < 1.29 is 9.53 Å². The maximum atomic E-state index is 10.8. The second-order valence-electron chi connectivity index (χ2n) is 4.49. The van der Waals surface area contributed by atoms with Crippen LogP contribution in [0.3, 0.4) is 0 Å². The number of esters is 1. The minimum Gasteiger partial charge on any atom is -0.463 e. The monoisotopic (exact) mass is 304 g/mol. The van der Waals surface area contributed by atoms with E-state index in [9.17, 15) is 4.79 Å². The zero-order valence-electron chi connectivity index (χ0n) is 12.2. The van der Waals surface area contributed by atoms with Gasteiger partial charge >= 0.3 is 5.97 Å². The molecule has 0 aliphatic rings. The minimum absolute atomic E-state index is 0.310. The fourth-order valence-corrected chi connectivity index (χ4v) is 3.85. The van der Waals surface area contributed by atoms with Crippen molar-refractivity contribution in [3.8, 4) is 0 Å². The van der Waals surface area contributed by atoms with Gasteiger partial charge in [0.05, 0.1) is 6.61 Å². The number of hydrogen-bond donors (Lipinski definition) is 0. The Hall–Kier alpha value is -0.0900. The lowest BCUT2D eigenvalue weighted by Gasteiger charge is -2.03. The van der Waals surface area contributed by atoms with Crippen LogP contribution < -0.4 is 0 Å². The Bertz CT molecular complexity index is 220. The Morgan fingerprint density at radius 2 is 1.58 bits per heavy atom. The first-order valence-electron chi connectivity index (χ1n) is 7.34. The van der Waals surface area contributed by atoms with Gasteiger partial charge in [-0.05, 0) is 19.3 Å². The molecule has 112 valence electrons. The molecular formula is C15H28O2S2. The van der Waals surface area contributed by atoms with Gasteiger partial charge in [0.1, 0.15) is 0 Å². The van der Waals surface area contributed by atoms with Gasteiger partial charge in [-0.2, -0.15) is 0 Å². The number of rotatable bonds is 14. The highest BCUT2D eigenvalue weighted by Gasteiger charge is 1.96. The highest BCUT2D eigenvalue weighted by molar-refractivity contribution is 8.76. The molecule has 0 aromatic rings. The van der Waals surface area contributed by atoms with Crippen molar-refractivity contribution in [2.75, 3.05) is 18.1 Å². The van der Waals surface area contributed by atoms with E-state index in [0.29, 0.717) is 6.61 Å². The Morgan fingerprint density at radius 3 is 2.16 bits per heavy atom. The summed E-state index contributed by atoms with van der Waals surface area (Å²) in [6.07, 6.45) is 11.3. The van der Waals surface area contributed by atoms with Gasteiger partial charge in [-0.15, -0.1) is 0 Å². The number of hydrogen-bond acceptors (Lipinski definition) is 4. The van der Waals surface area contributed by atoms with E-state index in [2.05, 4.69) is 13.5 Å². The highest BCUT2D eigenvalue weighted by atomic mass is 33.1. The second kappa shape index (κ2) is 16.0. The second-order valence-corrected chi connectivity index (χ2v) is 7.19. The van der Waals surface area contributed by atoms with Crippen molar-refractivity contribution >= 4 is 27.6 Å². The van der Waals surface area contributed by atoms with Gasteiger partial charge in [-0.1, -0.05) is 67.2 Å². The molecule has 0 fully saturated rings. The van der Waals surface area contributed by atoms with Crippen molar-refractivity contribution in [2.45, 2.75) is 58.3 Å². The molecule has 19 heavy (non-hydrogen) atoms. The van der Waals surface area contributed by atoms with E-state index in [1.54, 1.807) is 0 Å². The summed E-state index contributed by atoms with van der Waals surface area (Å²) in [6, 6.07) is 0. The van der Waals surface area contributed by atoms with Gasteiger partial charge < -0.3 is 4.74 Å². The Balaban J connectivity index is 2.99. The predicted octanol–water partition coefficient (Wildman–Crippen LogP) is 5.24. The summed E-state index contributed by atoms with van der Waals surface area (Å²) in [7, 11) is 4.02. The lowest BCUT2D eigenvalue weighted by atomic mass is 10.2. The molecule has 0 saturated heterocycles. The average Bonchev–Trinajstić information content (AvgIpc) is 2.43. The number of carbonyl (C=O) groups is 1. The SMILES string of the molecule is C=CC(=O)OCCCCCCSSCCCCCC. The summed E-state index contributed by atoms with van der Waals surface area (Å²) >= 11 is 0. The zero-order chi connectivity index (χ0) is 14.2. The molecule has 0 rings (SSSR count). The van der Waals surface area contributed by atoms with Crippen molar-refractivity contribution in [2.24, 2.45) is 0 Å². The Morgan fingerprint density at radius 1 is 1.00 bits per heavy atom. The van der Waals surface area contributed by atoms with Crippen LogP contribution in [0.25, 0.3) is 0 Å². The smallest absolute Gasteiger partial charge is 0.330 e. The zero-order valence-corrected chi connectivity index (χ0v) is 13.8. The normalized spacial score (nSPS) is 10.4. The topological polar surface area (TPSA) is 26.3 Å². The molecule has 0 N–H and O–H groups in total. The van der Waals surface area contributed by atoms with Crippen LogP contribution in [0.15, 0.2) is 12.7 Å². The van der Waals surface area contributed by atoms with E-state index < -0.39 is 0 Å². The Kier molecular flexibility index (Phi) is 15.9. The van der Waals surface area contributed by atoms with E-state index >= 15 is 0 Å². The van der Waals surface area contributed by atoms with Crippen LogP contribution in [0.5, 0.6) is 0 Å². The number of unbranched alkanes of at least 4 members (excludes halogenated alkanes) is 6. The average molecular weight is 305 g/mol. The van der Waals surface area contributed by atoms with Gasteiger partial charge in [0.25, 0.3) is 0 Å². The first-order chi connectivity index (χ1) is 9.31. The summed E-state index contributed by atoms with van der Waals surface area (Å²) in [6.45, 7) is 6.14. The predicted molar refractivity (Wildman–Crippen MR) is 88.7 cm³/mol. The largest absolute Gasteiger partial charge is 0.463 e. The standard InChI is InChI=1S/C15H28O2S2/c1-3-5-6-10-13-18-19-14-11-8-7-9-12-17-15(16)4-2/h4H,2-3,5-14H2,1H3. The fraction of sp³-hybridized carbons (Fsp3) is 0.800. The lowest BCUT2D eigenvalue weighted by Crippen LogP contribution is -2.01. The van der Waals surface area contributed by atoms with E-state index in [1.165, 1.54) is 56.1 Å². The van der Waals surface area contributed by atoms with E-state index in [-0.39, 0.29) is 5.97 Å². The molecule has 0 aliphatic carbocycles. The van der Waals surface area contributed by atoms with Crippen LogP contribution in [0, 0.1) is 0 Å². The summed E-state index contributed by atoms with van der Waals surface area (Å²) < 4.78 is 4.92. The molecule has 0 saturated carbocycles. The maximum Gasteiger partial charge on any atom is 0.330 e. The molecular weight excluding hydrogens is 276 g/mol. The summed E-state index contributed by atoms with van der Waals surface area (Å²) in [5, 5.41) is 0. The lowest BCUT2D eigenvalue weighted by molar-refractivity contribution is -0.137. The third-order valence-corrected chi connectivity index (χ3v) is 5.27. The summed E-state index contributed by atoms with van der Waals surface area (Å²) in [5.41, 5.74) is 0. The van der Waals surface area contributed by atoms with Crippen LogP contribution in [-0.4, -0.2) is 24.1 Å². The molecule has 0 heterocycles. The maximum absolute atomic E-state index is 10.8. The van der Waals surface area contributed by atoms with Crippen molar-refractivity contribution in [1.29, 1.82) is 0 Å². The number of carbonyl (C=O) groups excluding carboxylic acids is 1. The van der Waals surface area contributed by atoms with Crippen LogP contribution in [0.1, 0.15) is 58.3 Å². The first-order valence-corrected chi connectivity index (χ1v) is 9.83. The molecule has 0 aromatic heterocycles. The van der Waals surface area contributed by atoms with Crippen LogP contribution >= 0.6 is 21.6 Å². The molecule has 0 aliphatic heterocycles. The molecule has 2 nitrogen and oxygen atoms in total. The van der Waals surface area contributed by atoms with Crippen molar-refractivity contribution in [3.05, 3.63) is 12.7 Å². The molecule has 0 unspecified atom stereocenters. The van der Waals surface area contributed by atoms with Gasteiger partial charge in [0.15, 0.2) is 0 Å². The highest BCUT2D eigenvalue weighted by Crippen LogP contribution is 2.24. The molecule has 4 heteroatoms. The van der Waals surface area contributed by atoms with Crippen LogP contribution in [-0.2, 0) is 9.53 Å².